The van der Waals surface area contributed by atoms with Crippen LogP contribution in [0.2, 0.25) is 0 Å². The maximum Gasteiger partial charge on any atom is 0.227 e. The number of amides is 1. The molecule has 0 spiro atoms. The van der Waals surface area contributed by atoms with Crippen molar-refractivity contribution in [1.82, 2.24) is 9.78 Å². The topological polar surface area (TPSA) is 50.2 Å². The lowest BCUT2D eigenvalue weighted by atomic mass is 10.2. The number of aromatic nitrogens is 2. The summed E-state index contributed by atoms with van der Waals surface area (Å²) in [4.78, 5) is 13.5. The quantitative estimate of drug-likeness (QED) is 0.917. The summed E-state index contributed by atoms with van der Waals surface area (Å²) in [7, 11) is 0. The van der Waals surface area contributed by atoms with Gasteiger partial charge in [0.05, 0.1) is 6.20 Å². The van der Waals surface area contributed by atoms with Crippen molar-refractivity contribution in [2.24, 2.45) is 0 Å². The van der Waals surface area contributed by atoms with Crippen LogP contribution in [0.3, 0.4) is 0 Å². The maximum atomic E-state index is 11.7. The van der Waals surface area contributed by atoms with Crippen LogP contribution in [0.5, 0.6) is 0 Å². The number of hydrogen-bond donors (Lipinski definition) is 1. The van der Waals surface area contributed by atoms with Gasteiger partial charge in [-0.15, -0.1) is 0 Å². The molecular formula is C16H18N4O. The highest BCUT2D eigenvalue weighted by Gasteiger charge is 2.21. The highest BCUT2D eigenvalue weighted by atomic mass is 16.2. The van der Waals surface area contributed by atoms with Crippen molar-refractivity contribution in [2.45, 2.75) is 19.4 Å². The van der Waals surface area contributed by atoms with Crippen LogP contribution in [-0.4, -0.2) is 22.2 Å². The first-order valence-electron chi connectivity index (χ1n) is 7.06. The Balaban J connectivity index is 1.61. The molecule has 1 fully saturated rings. The Bertz CT molecular complexity index is 645. The van der Waals surface area contributed by atoms with Crippen LogP contribution in [0.15, 0.2) is 43.2 Å². The van der Waals surface area contributed by atoms with Gasteiger partial charge in [0.25, 0.3) is 0 Å². The van der Waals surface area contributed by atoms with Crippen LogP contribution in [0.4, 0.5) is 11.4 Å². The number of anilines is 2. The third-order valence-electron chi connectivity index (χ3n) is 3.59. The molecule has 1 aromatic carbocycles. The number of nitrogens with one attached hydrogen (secondary N) is 1. The summed E-state index contributed by atoms with van der Waals surface area (Å²) < 4.78 is 1.68. The van der Waals surface area contributed by atoms with Gasteiger partial charge in [-0.2, -0.15) is 5.10 Å². The van der Waals surface area contributed by atoms with Crippen LogP contribution in [-0.2, 0) is 11.3 Å². The number of carbonyl (C=O) groups excluding carboxylic acids is 1. The minimum Gasteiger partial charge on any atom is -0.381 e. The average Bonchev–Trinajstić information content (AvgIpc) is 3.14. The summed E-state index contributed by atoms with van der Waals surface area (Å²) in [5.41, 5.74) is 3.09. The van der Waals surface area contributed by atoms with Crippen molar-refractivity contribution < 1.29 is 4.79 Å². The predicted octanol–water partition coefficient (Wildman–Crippen LogP) is 2.72. The summed E-state index contributed by atoms with van der Waals surface area (Å²) in [5.74, 6) is 0.215. The molecule has 0 saturated carbocycles. The first-order chi connectivity index (χ1) is 10.3. The fourth-order valence-corrected chi connectivity index (χ4v) is 2.45. The van der Waals surface area contributed by atoms with Gasteiger partial charge in [0.2, 0.25) is 5.91 Å². The molecule has 3 rings (SSSR count). The van der Waals surface area contributed by atoms with Crippen molar-refractivity contribution in [3.63, 3.8) is 0 Å². The van der Waals surface area contributed by atoms with Gasteiger partial charge in [-0.25, -0.2) is 4.68 Å². The highest BCUT2D eigenvalue weighted by Crippen LogP contribution is 2.23. The molecule has 1 aliphatic heterocycles. The zero-order valence-corrected chi connectivity index (χ0v) is 11.8. The minimum absolute atomic E-state index is 0.215. The SMILES string of the molecule is C=Cn1cc(CNc2ccc(N3CCCC3=O)cc2)cn1. The van der Waals surface area contributed by atoms with E-state index in [9.17, 15) is 4.79 Å². The van der Waals surface area contributed by atoms with E-state index in [0.717, 1.165) is 29.9 Å². The fraction of sp³-hybridized carbons (Fsp3) is 0.250. The third kappa shape index (κ3) is 2.97. The van der Waals surface area contributed by atoms with E-state index in [4.69, 9.17) is 0 Å². The Kier molecular flexibility index (Phi) is 3.73. The third-order valence-corrected chi connectivity index (χ3v) is 3.59. The molecule has 1 amide bonds. The molecule has 1 saturated heterocycles. The molecule has 2 heterocycles. The Labute approximate surface area is 123 Å². The molecule has 0 atom stereocenters. The molecule has 5 heteroatoms. The average molecular weight is 282 g/mol. The second kappa shape index (κ2) is 5.83. The minimum atomic E-state index is 0.215. The summed E-state index contributed by atoms with van der Waals surface area (Å²) in [6, 6.07) is 7.97. The lowest BCUT2D eigenvalue weighted by molar-refractivity contribution is -0.117. The Hall–Kier alpha value is -2.56. The van der Waals surface area contributed by atoms with E-state index in [0.29, 0.717) is 13.0 Å². The second-order valence-electron chi connectivity index (χ2n) is 5.06. The predicted molar refractivity (Wildman–Crippen MR) is 84.0 cm³/mol. The van der Waals surface area contributed by atoms with E-state index < -0.39 is 0 Å². The Morgan fingerprint density at radius 2 is 2.14 bits per heavy atom. The lowest BCUT2D eigenvalue weighted by Crippen LogP contribution is -2.23. The van der Waals surface area contributed by atoms with Gasteiger partial charge in [0.15, 0.2) is 0 Å². The van der Waals surface area contributed by atoms with Crippen molar-refractivity contribution >= 4 is 23.5 Å². The van der Waals surface area contributed by atoms with E-state index in [2.05, 4.69) is 17.0 Å². The molecule has 0 radical (unpaired) electrons. The second-order valence-corrected chi connectivity index (χ2v) is 5.06. The van der Waals surface area contributed by atoms with E-state index in [1.165, 1.54) is 0 Å². The normalized spacial score (nSPS) is 14.5. The van der Waals surface area contributed by atoms with Gasteiger partial charge >= 0.3 is 0 Å². The van der Waals surface area contributed by atoms with Crippen molar-refractivity contribution in [3.8, 4) is 0 Å². The van der Waals surface area contributed by atoms with E-state index >= 15 is 0 Å². The molecule has 1 N–H and O–H groups in total. The van der Waals surface area contributed by atoms with E-state index in [1.54, 1.807) is 10.9 Å². The van der Waals surface area contributed by atoms with Gasteiger partial charge < -0.3 is 10.2 Å². The summed E-state index contributed by atoms with van der Waals surface area (Å²) in [5, 5.41) is 7.47. The number of rotatable bonds is 5. The maximum absolute atomic E-state index is 11.7. The van der Waals surface area contributed by atoms with E-state index in [1.807, 2.05) is 41.6 Å². The largest absolute Gasteiger partial charge is 0.381 e. The van der Waals surface area contributed by atoms with Crippen molar-refractivity contribution in [2.75, 3.05) is 16.8 Å². The zero-order chi connectivity index (χ0) is 14.7. The highest BCUT2D eigenvalue weighted by molar-refractivity contribution is 5.95. The molecule has 1 aromatic heterocycles. The lowest BCUT2D eigenvalue weighted by Gasteiger charge is -2.16. The van der Waals surface area contributed by atoms with Crippen LogP contribution in [0.1, 0.15) is 18.4 Å². The number of nitrogens with zero attached hydrogens (tertiary/aromatic N) is 3. The summed E-state index contributed by atoms with van der Waals surface area (Å²) >= 11 is 0. The number of benzene rings is 1. The zero-order valence-electron chi connectivity index (χ0n) is 11.8. The van der Waals surface area contributed by atoms with Crippen LogP contribution < -0.4 is 10.2 Å². The van der Waals surface area contributed by atoms with Gasteiger partial charge in [-0.3, -0.25) is 4.79 Å². The molecule has 0 unspecified atom stereocenters. The Morgan fingerprint density at radius 3 is 2.76 bits per heavy atom. The van der Waals surface area contributed by atoms with Crippen molar-refractivity contribution in [1.29, 1.82) is 0 Å². The smallest absolute Gasteiger partial charge is 0.227 e. The van der Waals surface area contributed by atoms with Gasteiger partial charge in [-0.1, -0.05) is 6.58 Å². The molecule has 21 heavy (non-hydrogen) atoms. The van der Waals surface area contributed by atoms with Gasteiger partial charge in [0, 0.05) is 48.8 Å². The number of hydrogen-bond acceptors (Lipinski definition) is 3. The molecule has 0 aliphatic carbocycles. The Morgan fingerprint density at radius 1 is 1.33 bits per heavy atom. The van der Waals surface area contributed by atoms with Crippen LogP contribution in [0, 0.1) is 0 Å². The summed E-state index contributed by atoms with van der Waals surface area (Å²) in [6.07, 6.45) is 7.01. The first kappa shape index (κ1) is 13.4. The van der Waals surface area contributed by atoms with Gasteiger partial charge in [0.1, 0.15) is 0 Å². The monoisotopic (exact) mass is 282 g/mol. The van der Waals surface area contributed by atoms with Crippen LogP contribution >= 0.6 is 0 Å². The van der Waals surface area contributed by atoms with Crippen LogP contribution in [0.25, 0.3) is 6.20 Å². The molecule has 5 nitrogen and oxygen atoms in total. The molecule has 2 aromatic rings. The molecule has 0 bridgehead atoms. The molecule has 108 valence electrons. The fourth-order valence-electron chi connectivity index (χ4n) is 2.45. The number of carbonyl (C=O) groups is 1. The molecular weight excluding hydrogens is 264 g/mol. The van der Waals surface area contributed by atoms with Crippen molar-refractivity contribution in [3.05, 3.63) is 48.8 Å². The standard InChI is InChI=1S/C16H18N4O/c1-2-19-12-13(11-18-19)10-17-14-5-7-15(8-6-14)20-9-3-4-16(20)21/h2,5-8,11-12,17H,1,3-4,9-10H2. The van der Waals surface area contributed by atoms with E-state index in [-0.39, 0.29) is 5.91 Å². The first-order valence-corrected chi connectivity index (χ1v) is 7.06. The summed E-state index contributed by atoms with van der Waals surface area (Å²) in [6.45, 7) is 5.19. The molecule has 1 aliphatic rings. The van der Waals surface area contributed by atoms with Gasteiger partial charge in [-0.05, 0) is 30.7 Å².